The van der Waals surface area contributed by atoms with E-state index in [1.807, 2.05) is 24.3 Å². The fourth-order valence-electron chi connectivity index (χ4n) is 2.64. The number of Topliss-reactive ketones (excluding diaryl/α,β-unsaturated/α-hetero) is 1. The Bertz CT molecular complexity index is 668. The second-order valence-electron chi connectivity index (χ2n) is 5.31. The van der Waals surface area contributed by atoms with Crippen LogP contribution in [0.2, 0.25) is 0 Å². The van der Waals surface area contributed by atoms with Crippen LogP contribution in [-0.4, -0.2) is 22.9 Å². The highest BCUT2D eigenvalue weighted by atomic mass is 16.5. The molecule has 2 aromatic rings. The quantitative estimate of drug-likeness (QED) is 0.812. The molecule has 4 nitrogen and oxygen atoms in total. The van der Waals surface area contributed by atoms with Gasteiger partial charge in [0.25, 0.3) is 0 Å². The third-order valence-electron chi connectivity index (χ3n) is 3.78. The molecular weight excluding hydrogens is 264 g/mol. The van der Waals surface area contributed by atoms with Gasteiger partial charge in [0.15, 0.2) is 5.78 Å². The maximum Gasteiger partial charge on any atom is 0.166 e. The maximum atomic E-state index is 12.0. The van der Waals surface area contributed by atoms with E-state index in [2.05, 4.69) is 9.97 Å². The van der Waals surface area contributed by atoms with Crippen molar-refractivity contribution in [2.45, 2.75) is 32.1 Å². The minimum absolute atomic E-state index is 0.176. The van der Waals surface area contributed by atoms with Crippen LogP contribution < -0.4 is 4.74 Å². The average molecular weight is 282 g/mol. The number of benzene rings is 1. The zero-order valence-electron chi connectivity index (χ0n) is 12.1. The Labute approximate surface area is 124 Å². The number of fused-ring (bicyclic) bond motifs is 1. The molecule has 1 aromatic carbocycles. The first kappa shape index (κ1) is 13.7. The van der Waals surface area contributed by atoms with Crippen LogP contribution in [0.4, 0.5) is 0 Å². The van der Waals surface area contributed by atoms with E-state index in [1.54, 1.807) is 13.3 Å². The van der Waals surface area contributed by atoms with Gasteiger partial charge in [-0.2, -0.15) is 0 Å². The summed E-state index contributed by atoms with van der Waals surface area (Å²) >= 11 is 0. The third-order valence-corrected chi connectivity index (χ3v) is 3.78. The molecule has 0 spiro atoms. The summed E-state index contributed by atoms with van der Waals surface area (Å²) in [6, 6.07) is 7.89. The molecule has 0 fully saturated rings. The molecule has 1 aromatic heterocycles. The number of rotatable bonds is 3. The molecular formula is C17H18N2O2. The van der Waals surface area contributed by atoms with Gasteiger partial charge in [-0.25, -0.2) is 9.97 Å². The van der Waals surface area contributed by atoms with E-state index in [4.69, 9.17) is 4.74 Å². The van der Waals surface area contributed by atoms with Gasteiger partial charge in [0.05, 0.1) is 18.4 Å². The van der Waals surface area contributed by atoms with Crippen molar-refractivity contribution < 1.29 is 9.53 Å². The van der Waals surface area contributed by atoms with Gasteiger partial charge in [-0.1, -0.05) is 12.1 Å². The second-order valence-corrected chi connectivity index (χ2v) is 5.31. The molecule has 1 aliphatic rings. The van der Waals surface area contributed by atoms with Gasteiger partial charge >= 0.3 is 0 Å². The van der Waals surface area contributed by atoms with E-state index in [1.165, 1.54) is 0 Å². The lowest BCUT2D eigenvalue weighted by Crippen LogP contribution is -2.07. The molecule has 4 heteroatoms. The lowest BCUT2D eigenvalue weighted by molar-refractivity contribution is 0.0981. The lowest BCUT2D eigenvalue weighted by atomic mass is 10.1. The number of hydrogen-bond acceptors (Lipinski definition) is 4. The molecule has 0 N–H and O–H groups in total. The molecule has 0 unspecified atom stereocenters. The Morgan fingerprint density at radius 2 is 2.10 bits per heavy atom. The Morgan fingerprint density at radius 1 is 1.24 bits per heavy atom. The van der Waals surface area contributed by atoms with Crippen molar-refractivity contribution in [2.24, 2.45) is 0 Å². The summed E-state index contributed by atoms with van der Waals surface area (Å²) < 4.78 is 5.23. The summed E-state index contributed by atoms with van der Waals surface area (Å²) in [6.45, 7) is 0. The van der Waals surface area contributed by atoms with Crippen LogP contribution >= 0.6 is 0 Å². The molecule has 0 saturated heterocycles. The molecule has 0 radical (unpaired) electrons. The number of ketones is 1. The normalized spacial score (nSPS) is 14.4. The fraction of sp³-hybridized carbons (Fsp3) is 0.353. The molecule has 3 rings (SSSR count). The summed E-state index contributed by atoms with van der Waals surface area (Å²) in [5.41, 5.74) is 2.72. The Hall–Kier alpha value is -2.23. The summed E-state index contributed by atoms with van der Waals surface area (Å²) in [5.74, 6) is 1.77. The van der Waals surface area contributed by atoms with Crippen molar-refractivity contribution in [2.75, 3.05) is 7.11 Å². The maximum absolute atomic E-state index is 12.0. The van der Waals surface area contributed by atoms with Crippen LogP contribution in [0.1, 0.15) is 46.7 Å². The molecule has 0 aliphatic heterocycles. The SMILES string of the molecule is COc1cccc(Cc2ncc3c(n2)CCCCC3=O)c1. The van der Waals surface area contributed by atoms with Gasteiger partial charge < -0.3 is 4.74 Å². The van der Waals surface area contributed by atoms with Crippen molar-refractivity contribution in [3.8, 4) is 5.75 Å². The molecule has 0 bridgehead atoms. The molecule has 1 aliphatic carbocycles. The van der Waals surface area contributed by atoms with Gasteiger partial charge in [-0.05, 0) is 37.0 Å². The topological polar surface area (TPSA) is 52.1 Å². The van der Waals surface area contributed by atoms with Crippen molar-refractivity contribution in [3.63, 3.8) is 0 Å². The number of methoxy groups -OCH3 is 1. The lowest BCUT2D eigenvalue weighted by Gasteiger charge is -2.07. The van der Waals surface area contributed by atoms with E-state index < -0.39 is 0 Å². The van der Waals surface area contributed by atoms with Crippen LogP contribution in [0.15, 0.2) is 30.5 Å². The van der Waals surface area contributed by atoms with Gasteiger partial charge in [0, 0.05) is 19.0 Å². The minimum atomic E-state index is 0.176. The summed E-state index contributed by atoms with van der Waals surface area (Å²) in [4.78, 5) is 20.9. The number of carbonyl (C=O) groups excluding carboxylic acids is 1. The highest BCUT2D eigenvalue weighted by Crippen LogP contribution is 2.20. The minimum Gasteiger partial charge on any atom is -0.497 e. The Balaban J connectivity index is 1.86. The van der Waals surface area contributed by atoms with E-state index in [0.29, 0.717) is 18.4 Å². The number of aromatic nitrogens is 2. The molecule has 0 atom stereocenters. The van der Waals surface area contributed by atoms with Gasteiger partial charge in [0.2, 0.25) is 0 Å². The highest BCUT2D eigenvalue weighted by molar-refractivity contribution is 5.97. The first-order chi connectivity index (χ1) is 10.3. The largest absolute Gasteiger partial charge is 0.497 e. The van der Waals surface area contributed by atoms with Gasteiger partial charge in [0.1, 0.15) is 11.6 Å². The van der Waals surface area contributed by atoms with Crippen molar-refractivity contribution in [1.29, 1.82) is 0 Å². The summed E-state index contributed by atoms with van der Waals surface area (Å²) in [6.07, 6.45) is 5.80. The number of hydrogen-bond donors (Lipinski definition) is 0. The fourth-order valence-corrected chi connectivity index (χ4v) is 2.64. The number of ether oxygens (including phenoxy) is 1. The summed E-state index contributed by atoms with van der Waals surface area (Å²) in [5, 5.41) is 0. The zero-order chi connectivity index (χ0) is 14.7. The van der Waals surface area contributed by atoms with Gasteiger partial charge in [-0.3, -0.25) is 4.79 Å². The number of nitrogens with zero attached hydrogens (tertiary/aromatic N) is 2. The molecule has 21 heavy (non-hydrogen) atoms. The molecule has 0 amide bonds. The molecule has 0 saturated carbocycles. The molecule has 1 heterocycles. The Morgan fingerprint density at radius 3 is 2.95 bits per heavy atom. The summed E-state index contributed by atoms with van der Waals surface area (Å²) in [7, 11) is 1.66. The van der Waals surface area contributed by atoms with Crippen molar-refractivity contribution >= 4 is 5.78 Å². The first-order valence-corrected chi connectivity index (χ1v) is 7.27. The zero-order valence-corrected chi connectivity index (χ0v) is 12.1. The van der Waals surface area contributed by atoms with Crippen LogP contribution in [0.3, 0.4) is 0 Å². The van der Waals surface area contributed by atoms with Crippen LogP contribution in [0.25, 0.3) is 0 Å². The van der Waals surface area contributed by atoms with E-state index >= 15 is 0 Å². The predicted molar refractivity (Wildman–Crippen MR) is 79.7 cm³/mol. The van der Waals surface area contributed by atoms with E-state index in [0.717, 1.165) is 42.1 Å². The van der Waals surface area contributed by atoms with Crippen LogP contribution in [-0.2, 0) is 12.8 Å². The average Bonchev–Trinajstić information content (AvgIpc) is 2.69. The third kappa shape index (κ3) is 3.10. The first-order valence-electron chi connectivity index (χ1n) is 7.27. The monoisotopic (exact) mass is 282 g/mol. The number of carbonyl (C=O) groups is 1. The number of aryl methyl sites for hydroxylation is 1. The smallest absolute Gasteiger partial charge is 0.166 e. The Kier molecular flexibility index (Phi) is 3.95. The standard InChI is InChI=1S/C17H18N2O2/c1-21-13-6-4-5-12(9-13)10-17-18-11-14-15(19-17)7-2-3-8-16(14)20/h4-6,9,11H,2-3,7-8,10H2,1H3. The second kappa shape index (κ2) is 6.04. The molecule has 108 valence electrons. The van der Waals surface area contributed by atoms with E-state index in [-0.39, 0.29) is 5.78 Å². The highest BCUT2D eigenvalue weighted by Gasteiger charge is 2.17. The van der Waals surface area contributed by atoms with Crippen molar-refractivity contribution in [3.05, 3.63) is 53.1 Å². The van der Waals surface area contributed by atoms with Crippen LogP contribution in [0, 0.1) is 0 Å². The van der Waals surface area contributed by atoms with Gasteiger partial charge in [-0.15, -0.1) is 0 Å². The van der Waals surface area contributed by atoms with Crippen molar-refractivity contribution in [1.82, 2.24) is 9.97 Å². The predicted octanol–water partition coefficient (Wildman–Crippen LogP) is 2.99. The van der Waals surface area contributed by atoms with Crippen LogP contribution in [0.5, 0.6) is 5.75 Å². The van der Waals surface area contributed by atoms with E-state index in [9.17, 15) is 4.79 Å².